The van der Waals surface area contributed by atoms with Crippen LogP contribution in [-0.2, 0) is 20.0 Å². The first-order chi connectivity index (χ1) is 16.6. The summed E-state index contributed by atoms with van der Waals surface area (Å²) in [6.45, 7) is 14.7. The molecule has 3 aromatic carbocycles. The molecule has 0 atom stereocenters. The van der Waals surface area contributed by atoms with Gasteiger partial charge < -0.3 is 8.98 Å². The molecule has 0 amide bonds. The molecule has 0 aliphatic carbocycles. The lowest BCUT2D eigenvalue weighted by Gasteiger charge is -2.20. The molecule has 0 aliphatic heterocycles. The quantitative estimate of drug-likeness (QED) is 0.147. The van der Waals surface area contributed by atoms with Crippen LogP contribution >= 0.6 is 0 Å². The number of benzene rings is 3. The highest BCUT2D eigenvalue weighted by Crippen LogP contribution is 2.40. The smallest absolute Gasteiger partial charge is 0.217 e. The molecule has 0 unspecified atom stereocenters. The second kappa shape index (κ2) is 7.58. The molecule has 0 saturated heterocycles. The fourth-order valence-corrected chi connectivity index (χ4v) is 6.05. The lowest BCUT2D eigenvalue weighted by Crippen LogP contribution is -2.35. The van der Waals surface area contributed by atoms with Gasteiger partial charge in [0.15, 0.2) is 6.54 Å². The third-order valence-corrected chi connectivity index (χ3v) is 7.27. The number of nitrogens with zero attached hydrogens (tertiary/aromatic N) is 2. The van der Waals surface area contributed by atoms with Crippen LogP contribution in [0.2, 0.25) is 0 Å². The fourth-order valence-electron chi connectivity index (χ4n) is 6.05. The van der Waals surface area contributed by atoms with Crippen LogP contribution in [0.15, 0.2) is 59.1 Å². The van der Waals surface area contributed by atoms with Gasteiger partial charge in [-0.1, -0.05) is 52.8 Å². The van der Waals surface area contributed by atoms with E-state index in [-0.39, 0.29) is 5.41 Å². The molecule has 0 N–H and O–H groups in total. The highest BCUT2D eigenvalue weighted by molar-refractivity contribution is 6.21. The molecule has 3 heterocycles. The normalized spacial score (nSPS) is 12.9. The number of fused-ring (bicyclic) bond motifs is 5. The van der Waals surface area contributed by atoms with Crippen LogP contribution in [0.25, 0.3) is 54.6 Å². The van der Waals surface area contributed by atoms with Gasteiger partial charge in [0.1, 0.15) is 11.2 Å². The van der Waals surface area contributed by atoms with Crippen LogP contribution in [0.1, 0.15) is 45.7 Å². The van der Waals surface area contributed by atoms with Crippen molar-refractivity contribution in [3.63, 3.8) is 0 Å². The summed E-state index contributed by atoms with van der Waals surface area (Å²) < 4.78 is 11.5. The maximum atomic E-state index is 6.78. The van der Waals surface area contributed by atoms with E-state index in [0.29, 0.717) is 5.92 Å². The van der Waals surface area contributed by atoms with Crippen molar-refractivity contribution in [2.24, 2.45) is 18.4 Å². The molecule has 3 nitrogen and oxygen atoms in total. The molecular formula is C32H35N2O+. The second-order valence-corrected chi connectivity index (χ2v) is 12.0. The summed E-state index contributed by atoms with van der Waals surface area (Å²) in [5.41, 5.74) is 8.60. The SMILES string of the molecule is Cc1c2c(cc3c1c1ccccc1[n+]3CC(C)C)oc1cc(CC(C)(C)C)cc3ccn(C)c2c31. The van der Waals surface area contributed by atoms with Crippen molar-refractivity contribution in [1.29, 1.82) is 0 Å². The summed E-state index contributed by atoms with van der Waals surface area (Å²) in [7, 11) is 2.16. The number of rotatable bonds is 3. The zero-order chi connectivity index (χ0) is 24.6. The van der Waals surface area contributed by atoms with Crippen LogP contribution in [0, 0.1) is 18.3 Å². The Morgan fingerprint density at radius 3 is 2.40 bits per heavy atom. The van der Waals surface area contributed by atoms with E-state index in [1.165, 1.54) is 54.6 Å². The average Bonchev–Trinajstić information content (AvgIpc) is 3.07. The minimum Gasteiger partial charge on any atom is -0.456 e. The Hall–Kier alpha value is -3.33. The lowest BCUT2D eigenvalue weighted by atomic mass is 9.87. The Labute approximate surface area is 206 Å². The average molecular weight is 464 g/mol. The molecule has 0 saturated carbocycles. The largest absolute Gasteiger partial charge is 0.456 e. The van der Waals surface area contributed by atoms with E-state index in [1.807, 2.05) is 0 Å². The van der Waals surface area contributed by atoms with Crippen molar-refractivity contribution in [3.05, 3.63) is 65.9 Å². The number of para-hydroxylation sites is 1. The van der Waals surface area contributed by atoms with Gasteiger partial charge in [-0.05, 0) is 53.5 Å². The van der Waals surface area contributed by atoms with Gasteiger partial charge in [0.2, 0.25) is 11.0 Å². The van der Waals surface area contributed by atoms with Crippen LogP contribution in [-0.4, -0.2) is 4.57 Å². The Morgan fingerprint density at radius 2 is 1.66 bits per heavy atom. The van der Waals surface area contributed by atoms with E-state index in [9.17, 15) is 0 Å². The zero-order valence-electron chi connectivity index (χ0n) is 22.0. The van der Waals surface area contributed by atoms with Gasteiger partial charge in [-0.2, -0.15) is 4.57 Å². The molecule has 6 aromatic rings. The van der Waals surface area contributed by atoms with E-state index in [2.05, 4.69) is 112 Å². The van der Waals surface area contributed by atoms with E-state index in [4.69, 9.17) is 4.42 Å². The molecule has 178 valence electrons. The molecule has 6 rings (SSSR count). The topological polar surface area (TPSA) is 21.9 Å². The minimum absolute atomic E-state index is 0.218. The van der Waals surface area contributed by atoms with E-state index >= 15 is 0 Å². The number of aryl methyl sites for hydroxylation is 2. The molecule has 0 bridgehead atoms. The molecule has 3 aromatic heterocycles. The van der Waals surface area contributed by atoms with Gasteiger partial charge in [0.05, 0.1) is 22.4 Å². The Kier molecular flexibility index (Phi) is 4.80. The van der Waals surface area contributed by atoms with Gasteiger partial charge in [-0.25, -0.2) is 0 Å². The number of hydrogen-bond acceptors (Lipinski definition) is 1. The fraction of sp³-hybridized carbons (Fsp3) is 0.344. The van der Waals surface area contributed by atoms with Gasteiger partial charge >= 0.3 is 0 Å². The van der Waals surface area contributed by atoms with Gasteiger partial charge in [0.25, 0.3) is 0 Å². The highest BCUT2D eigenvalue weighted by atomic mass is 16.3. The summed E-state index contributed by atoms with van der Waals surface area (Å²) in [5, 5.41) is 6.35. The van der Waals surface area contributed by atoms with Crippen molar-refractivity contribution in [2.75, 3.05) is 0 Å². The molecule has 0 aliphatic rings. The van der Waals surface area contributed by atoms with Crippen molar-refractivity contribution in [3.8, 4) is 0 Å². The monoisotopic (exact) mass is 463 g/mol. The summed E-state index contributed by atoms with van der Waals surface area (Å²) in [6.07, 6.45) is 3.21. The molecule has 0 radical (unpaired) electrons. The highest BCUT2D eigenvalue weighted by Gasteiger charge is 2.26. The molecule has 35 heavy (non-hydrogen) atoms. The van der Waals surface area contributed by atoms with Crippen LogP contribution in [0.3, 0.4) is 0 Å². The van der Waals surface area contributed by atoms with E-state index < -0.39 is 0 Å². The number of hydrogen-bond donors (Lipinski definition) is 0. The summed E-state index contributed by atoms with van der Waals surface area (Å²) in [4.78, 5) is 0. The molecule has 0 fully saturated rings. The van der Waals surface area contributed by atoms with Crippen molar-refractivity contribution in [2.45, 2.75) is 54.5 Å². The van der Waals surface area contributed by atoms with Crippen molar-refractivity contribution < 1.29 is 8.98 Å². The first-order valence-corrected chi connectivity index (χ1v) is 12.8. The predicted molar refractivity (Wildman–Crippen MR) is 148 cm³/mol. The number of aromatic nitrogens is 2. The third-order valence-electron chi connectivity index (χ3n) is 7.27. The Balaban J connectivity index is 1.80. The van der Waals surface area contributed by atoms with Gasteiger partial charge in [0, 0.05) is 36.0 Å². The Morgan fingerprint density at radius 1 is 0.914 bits per heavy atom. The standard InChI is InChI=1S/C32H35N2O/c1-19(2)18-34-24-11-9-8-10-23(24)28-20(3)29-27(16-25(28)34)35-26-15-21(17-32(4,5)6)14-22-12-13-33(7)31(29)30(22)26/h8-16,19H,17-18H2,1-7H3/q+1. The summed E-state index contributed by atoms with van der Waals surface area (Å²) in [6, 6.07) is 18.0. The zero-order valence-corrected chi connectivity index (χ0v) is 22.0. The van der Waals surface area contributed by atoms with E-state index in [0.717, 1.165) is 24.1 Å². The summed E-state index contributed by atoms with van der Waals surface area (Å²) in [5.74, 6) is 0.554. The Bertz CT molecular complexity index is 1770. The maximum Gasteiger partial charge on any atom is 0.217 e. The van der Waals surface area contributed by atoms with Gasteiger partial charge in [-0.15, -0.1) is 0 Å². The maximum absolute atomic E-state index is 6.78. The second-order valence-electron chi connectivity index (χ2n) is 12.0. The molecular weight excluding hydrogens is 428 g/mol. The third kappa shape index (κ3) is 3.43. The number of pyridine rings is 1. The van der Waals surface area contributed by atoms with Crippen molar-refractivity contribution in [1.82, 2.24) is 4.57 Å². The van der Waals surface area contributed by atoms with Crippen LogP contribution < -0.4 is 4.57 Å². The molecule has 0 spiro atoms. The molecule has 3 heteroatoms. The first kappa shape index (κ1) is 22.2. The predicted octanol–water partition coefficient (Wildman–Crippen LogP) is 8.22. The van der Waals surface area contributed by atoms with Crippen LogP contribution in [0.5, 0.6) is 0 Å². The van der Waals surface area contributed by atoms with Crippen molar-refractivity contribution >= 4 is 54.6 Å². The lowest BCUT2D eigenvalue weighted by molar-refractivity contribution is -0.649. The summed E-state index contributed by atoms with van der Waals surface area (Å²) >= 11 is 0. The van der Waals surface area contributed by atoms with Gasteiger partial charge in [-0.3, -0.25) is 0 Å². The van der Waals surface area contributed by atoms with Crippen LogP contribution in [0.4, 0.5) is 0 Å². The van der Waals surface area contributed by atoms with E-state index in [1.54, 1.807) is 0 Å². The minimum atomic E-state index is 0.218. The first-order valence-electron chi connectivity index (χ1n) is 12.8.